The van der Waals surface area contributed by atoms with Crippen LogP contribution in [0.1, 0.15) is 159 Å². The predicted molar refractivity (Wildman–Crippen MR) is 392 cm³/mol. The van der Waals surface area contributed by atoms with Crippen LogP contribution in [-0.4, -0.2) is 215 Å². The molecular weight excluding hydrogens is 1420 g/mol. The van der Waals surface area contributed by atoms with Gasteiger partial charge in [-0.15, -0.1) is 0 Å². The third-order valence-electron chi connectivity index (χ3n) is 17.8. The van der Waals surface area contributed by atoms with Gasteiger partial charge in [-0.25, -0.2) is 4.79 Å². The summed E-state index contributed by atoms with van der Waals surface area (Å²) in [5.74, 6) is -21.9. The summed E-state index contributed by atoms with van der Waals surface area (Å²) in [7, 11) is 0. The molecule has 1 unspecified atom stereocenters. The van der Waals surface area contributed by atoms with Gasteiger partial charge < -0.3 is 106 Å². The van der Waals surface area contributed by atoms with Crippen LogP contribution in [0, 0.1) is 5.92 Å². The first-order valence-electron chi connectivity index (χ1n) is 36.0. The molecule has 1 aliphatic carbocycles. The number of carboxylic acid groups (broad SMARTS) is 2. The maximum atomic E-state index is 14.8. The second-order valence-electron chi connectivity index (χ2n) is 26.8. The van der Waals surface area contributed by atoms with Crippen LogP contribution < -0.4 is 86.3 Å². The second-order valence-corrected chi connectivity index (χ2v) is 26.8. The number of carbonyl (C=O) groups excluding carboxylic acids is 15. The summed E-state index contributed by atoms with van der Waals surface area (Å²) in [5.41, 5.74) is 19.5. The van der Waals surface area contributed by atoms with Crippen LogP contribution in [0.3, 0.4) is 0 Å². The highest BCUT2D eigenvalue weighted by Gasteiger charge is 2.41. The molecule has 37 heteroatoms. The predicted octanol–water partition coefficient (Wildman–Crippen LogP) is -3.24. The number of carbonyl (C=O) groups is 17. The first-order valence-corrected chi connectivity index (χ1v) is 36.0. The number of cyclic esters (lactones) is 1. The number of fused-ring (bicyclic) bond motifs is 1. The van der Waals surface area contributed by atoms with E-state index in [-0.39, 0.29) is 49.2 Å². The number of anilines is 1. The van der Waals surface area contributed by atoms with Gasteiger partial charge in [-0.1, -0.05) is 101 Å². The fraction of sp³-hybridized carbons (Fsp3) is 0.542. The van der Waals surface area contributed by atoms with Crippen molar-refractivity contribution in [2.45, 2.75) is 217 Å². The number of esters is 1. The molecule has 0 bridgehead atoms. The molecule has 0 saturated carbocycles. The molecule has 13 atom stereocenters. The first kappa shape index (κ1) is 90.0. The monoisotopic (exact) mass is 1530 g/mol. The number of carboxylic acids is 2. The highest BCUT2D eigenvalue weighted by Crippen LogP contribution is 2.31. The summed E-state index contributed by atoms with van der Waals surface area (Å²) in [6.07, 6.45) is 2.01. The van der Waals surface area contributed by atoms with E-state index in [0.29, 0.717) is 18.4 Å². The number of aliphatic carboxylic acids is 2. The lowest BCUT2D eigenvalue weighted by molar-refractivity contribution is -0.156. The lowest BCUT2D eigenvalue weighted by atomic mass is 9.96. The number of nitrogen functional groups attached to an aromatic ring is 1. The number of hydrogen-bond acceptors (Lipinski definition) is 22. The van der Waals surface area contributed by atoms with Crippen molar-refractivity contribution in [3.8, 4) is 0 Å². The number of hydrogen-bond donors (Lipinski definition) is 19. The van der Waals surface area contributed by atoms with Crippen molar-refractivity contribution in [2.75, 3.05) is 32.0 Å². The molecule has 1 aliphatic heterocycles. The van der Waals surface area contributed by atoms with E-state index in [1.807, 2.05) is 24.3 Å². The number of ketones is 1. The zero-order valence-electron chi connectivity index (χ0n) is 62.0. The molecule has 37 nitrogen and oxygen atoms in total. The zero-order valence-corrected chi connectivity index (χ0v) is 62.0. The van der Waals surface area contributed by atoms with Gasteiger partial charge in [-0.3, -0.25) is 76.7 Å². The Kier molecular flexibility index (Phi) is 37.4. The molecule has 598 valence electrons. The van der Waals surface area contributed by atoms with Crippen molar-refractivity contribution in [2.24, 2.45) is 17.4 Å². The van der Waals surface area contributed by atoms with Gasteiger partial charge in [-0.05, 0) is 94.7 Å². The summed E-state index contributed by atoms with van der Waals surface area (Å²) in [6.45, 7) is 9.08. The van der Waals surface area contributed by atoms with Gasteiger partial charge in [0.1, 0.15) is 66.5 Å². The molecule has 0 spiro atoms. The van der Waals surface area contributed by atoms with Crippen LogP contribution in [0.5, 0.6) is 0 Å². The standard InChI is InChI=1S/C72H104N16O21/c1-8-9-10-11-12-13-14-25-56(92)82-49(30-44-27-26-43-20-15-16-21-45(43)44)66(102)84-50(32-55(75)91)67(103)85-51(33-60(97)98)68(104)88-62-42(7)109-72(108)52(31-54(90)46-22-17-18-23-47(46)74)86-71(107)61(37(2)29-59(95)96)87-69(105)53(36-89)83-57(93)34-76-38(3)39(4)78-63(99)40(5)79-64(100)41(6)80-65(101)48(24-19-28-73)81-58(94)35-77-70(62)106/h15-18,20-23,27,37,39-42,48-53,61-62,76,89H,3,8-14,19,24-26,28-36,73-74H2,1-2,4-7H3,(H2,75,91)(H,77,106)(H,78,99)(H,79,100)(H,80,101)(H,81,94)(H,82,92)(H,83,93)(H,84,102)(H,85,103)(H,86,107)(H,87,105)(H,88,104)(H,95,96)(H,97,98)/t37?,39-,40+,41-,42+,48-,49-,50+,51-,52-,53+,61-,62-/m0/s1. The van der Waals surface area contributed by atoms with E-state index in [1.54, 1.807) is 6.07 Å². The number of nitrogens with one attached hydrogen (secondary N) is 13. The minimum atomic E-state index is -2.34. The zero-order chi connectivity index (χ0) is 81.2. The summed E-state index contributed by atoms with van der Waals surface area (Å²) in [5, 5.41) is 61.3. The molecule has 22 N–H and O–H groups in total. The van der Waals surface area contributed by atoms with Crippen LogP contribution in [0.4, 0.5) is 5.69 Å². The van der Waals surface area contributed by atoms with Gasteiger partial charge in [0.05, 0.1) is 45.0 Å². The van der Waals surface area contributed by atoms with E-state index in [0.717, 1.165) is 56.6 Å². The lowest BCUT2D eigenvalue weighted by Crippen LogP contribution is -2.61. The topological polar surface area (TPSA) is 595 Å². The molecule has 13 amide bonds. The quantitative estimate of drug-likeness (QED) is 0.0153. The van der Waals surface area contributed by atoms with Crippen LogP contribution >= 0.6 is 0 Å². The van der Waals surface area contributed by atoms with Crippen molar-refractivity contribution < 1.29 is 102 Å². The fourth-order valence-electron chi connectivity index (χ4n) is 11.5. The highest BCUT2D eigenvalue weighted by molar-refractivity contribution is 6.05. The van der Waals surface area contributed by atoms with Crippen molar-refractivity contribution in [3.63, 3.8) is 0 Å². The summed E-state index contributed by atoms with van der Waals surface area (Å²) < 4.78 is 5.73. The number of amides is 13. The third-order valence-corrected chi connectivity index (χ3v) is 17.8. The molecule has 1 fully saturated rings. The Bertz CT molecular complexity index is 3680. The Balaban J connectivity index is 1.82. The Morgan fingerprint density at radius 3 is 1.78 bits per heavy atom. The van der Waals surface area contributed by atoms with Gasteiger partial charge in [0, 0.05) is 36.2 Å². The molecule has 2 aliphatic rings. The SMILES string of the molecule is C=C1NCC(=O)N[C@H](CO)C(=O)N[C@@H](C(C)CC(=O)O)C(=O)N[C@@H](CC(=O)c2ccccc2N)C(=O)O[C@H](C)[C@H](NC(=O)[C@H](CC(=O)O)NC(=O)[C@@H](CC(N)=O)NC(=O)[C@H](CC2=CCc3ccccc32)NC(=O)CCCCCCCCC)C(=O)NCC(=O)N[C@@H](CCCN)C(=O)N[C@@H](C)C(=O)N[C@H](C)C(=O)N[C@H]1C. The van der Waals surface area contributed by atoms with E-state index in [9.17, 15) is 96.8 Å². The fourth-order valence-corrected chi connectivity index (χ4v) is 11.5. The van der Waals surface area contributed by atoms with Gasteiger partial charge in [-0.2, -0.15) is 0 Å². The largest absolute Gasteiger partial charge is 0.481 e. The minimum absolute atomic E-state index is 0.0213. The molecule has 109 heavy (non-hydrogen) atoms. The number of Topliss-reactive ketones (excluding diaryl/α,β-unsaturated/α-hetero) is 1. The number of benzene rings is 2. The lowest BCUT2D eigenvalue weighted by Gasteiger charge is -2.30. The average Bonchev–Trinajstić information content (AvgIpc) is 1.74. The Morgan fingerprint density at radius 2 is 1.17 bits per heavy atom. The molecule has 0 radical (unpaired) electrons. The van der Waals surface area contributed by atoms with Crippen LogP contribution in [-0.2, 0) is 87.9 Å². The van der Waals surface area contributed by atoms with Gasteiger partial charge in [0.2, 0.25) is 76.8 Å². The van der Waals surface area contributed by atoms with Crippen molar-refractivity contribution in [1.82, 2.24) is 69.1 Å². The Labute approximate surface area is 629 Å². The number of primary amides is 1. The van der Waals surface area contributed by atoms with Crippen molar-refractivity contribution in [3.05, 3.63) is 83.6 Å². The Hall–Kier alpha value is -11.4. The number of aliphatic hydroxyl groups excluding tert-OH is 1. The van der Waals surface area contributed by atoms with E-state index >= 15 is 0 Å². The smallest absolute Gasteiger partial charge is 0.329 e. The molecular formula is C72H104N16O21. The van der Waals surface area contributed by atoms with Crippen LogP contribution in [0.25, 0.3) is 5.57 Å². The number of rotatable bonds is 31. The molecule has 1 heterocycles. The molecule has 2 aromatic rings. The normalized spacial score (nSPS) is 22.2. The summed E-state index contributed by atoms with van der Waals surface area (Å²) in [4.78, 5) is 235. The van der Waals surface area contributed by atoms with Gasteiger partial charge in [0.15, 0.2) is 5.78 Å². The van der Waals surface area contributed by atoms with Crippen molar-refractivity contribution >= 4 is 112 Å². The molecule has 1 saturated heterocycles. The second kappa shape index (κ2) is 45.3. The molecule has 2 aromatic carbocycles. The van der Waals surface area contributed by atoms with E-state index in [4.69, 9.17) is 21.9 Å². The van der Waals surface area contributed by atoms with Crippen LogP contribution in [0.2, 0.25) is 0 Å². The summed E-state index contributed by atoms with van der Waals surface area (Å²) >= 11 is 0. The number of nitrogens with two attached hydrogens (primary N) is 3. The van der Waals surface area contributed by atoms with E-state index in [1.165, 1.54) is 52.0 Å². The minimum Gasteiger partial charge on any atom is -0.481 e. The number of aliphatic hydroxyl groups is 1. The number of ether oxygens (including phenoxy) is 1. The average molecular weight is 1530 g/mol. The number of unbranched alkanes of at least 4 members (excludes halogenated alkanes) is 6. The summed E-state index contributed by atoms with van der Waals surface area (Å²) in [6, 6.07) is -6.58. The third kappa shape index (κ3) is 30.4. The van der Waals surface area contributed by atoms with Crippen LogP contribution in [0.15, 0.2) is 66.9 Å². The van der Waals surface area contributed by atoms with E-state index in [2.05, 4.69) is 82.6 Å². The van der Waals surface area contributed by atoms with E-state index < -0.39 is 224 Å². The molecule has 4 rings (SSSR count). The maximum Gasteiger partial charge on any atom is 0.329 e. The maximum absolute atomic E-state index is 14.8. The number of para-hydroxylation sites is 1. The first-order chi connectivity index (χ1) is 51.6. The van der Waals surface area contributed by atoms with Gasteiger partial charge >= 0.3 is 17.9 Å². The molecule has 0 aromatic heterocycles. The van der Waals surface area contributed by atoms with Crippen molar-refractivity contribution in [1.29, 1.82) is 0 Å². The Morgan fingerprint density at radius 1 is 0.606 bits per heavy atom. The highest BCUT2D eigenvalue weighted by atomic mass is 16.5. The van der Waals surface area contributed by atoms with Gasteiger partial charge in [0.25, 0.3) is 0 Å². The number of allylic oxidation sites excluding steroid dienone is 1.